The zero-order valence-electron chi connectivity index (χ0n) is 15.3. The van der Waals surface area contributed by atoms with E-state index < -0.39 is 0 Å². The van der Waals surface area contributed by atoms with Crippen molar-refractivity contribution in [3.63, 3.8) is 0 Å². The maximum absolute atomic E-state index is 6.18. The molecule has 3 heterocycles. The molecule has 1 aliphatic heterocycles. The quantitative estimate of drug-likeness (QED) is 0.593. The van der Waals surface area contributed by atoms with Gasteiger partial charge >= 0.3 is 0 Å². The van der Waals surface area contributed by atoms with E-state index >= 15 is 0 Å². The molecule has 0 atom stereocenters. The molecule has 4 rings (SSSR count). The van der Waals surface area contributed by atoms with Crippen LogP contribution < -0.4 is 0 Å². The van der Waals surface area contributed by atoms with Gasteiger partial charge in [0.2, 0.25) is 0 Å². The minimum absolute atomic E-state index is 0.901. The number of nitrogens with zero attached hydrogens (tertiary/aromatic N) is 1. The first kappa shape index (κ1) is 17.7. The summed E-state index contributed by atoms with van der Waals surface area (Å²) in [6, 6.07) is 8.29. The largest absolute Gasteiger partial charge is 0.454 e. The number of ether oxygens (including phenoxy) is 1. The summed E-state index contributed by atoms with van der Waals surface area (Å²) in [7, 11) is 4.10. The van der Waals surface area contributed by atoms with Crippen LogP contribution in [0.4, 0.5) is 0 Å². The predicted octanol–water partition coefficient (Wildman–Crippen LogP) is 5.91. The standard InChI is InChI=1S/C23H20NOS2/c1-24(2)19-11-9-17(10-12-19)7-8-18-15-20(22-5-3-13-26-22)25-21(16-18)23-6-4-14-27-23/h3-16H,1-2H3/q+1. The Labute approximate surface area is 167 Å². The van der Waals surface area contributed by atoms with E-state index in [1.54, 1.807) is 22.7 Å². The molecule has 0 spiro atoms. The molecule has 0 fully saturated rings. The summed E-state index contributed by atoms with van der Waals surface area (Å²) in [4.78, 5) is 2.27. The lowest BCUT2D eigenvalue weighted by molar-refractivity contribution is -0.462. The molecular weight excluding hydrogens is 370 g/mol. The van der Waals surface area contributed by atoms with Crippen molar-refractivity contribution in [2.75, 3.05) is 14.1 Å². The Morgan fingerprint density at radius 1 is 0.778 bits per heavy atom. The van der Waals surface area contributed by atoms with Gasteiger partial charge in [0.1, 0.15) is 25.6 Å². The summed E-state index contributed by atoms with van der Waals surface area (Å²) in [5.74, 6) is 1.80. The fourth-order valence-electron chi connectivity index (χ4n) is 2.77. The fraction of sp³-hybridized carbons (Fsp3) is 0.0870. The second-order valence-electron chi connectivity index (χ2n) is 6.39. The molecule has 0 saturated heterocycles. The predicted molar refractivity (Wildman–Crippen MR) is 117 cm³/mol. The molecule has 2 aromatic rings. The number of allylic oxidation sites excluding steroid dienone is 10. The summed E-state index contributed by atoms with van der Waals surface area (Å²) in [5, 5.41) is 4.15. The Morgan fingerprint density at radius 2 is 1.33 bits per heavy atom. The summed E-state index contributed by atoms with van der Waals surface area (Å²) >= 11 is 3.38. The van der Waals surface area contributed by atoms with Crippen molar-refractivity contribution in [2.45, 2.75) is 0 Å². The topological polar surface area (TPSA) is 12.2 Å². The van der Waals surface area contributed by atoms with Gasteiger partial charge in [-0.05, 0) is 58.3 Å². The van der Waals surface area contributed by atoms with Crippen molar-refractivity contribution in [2.24, 2.45) is 0 Å². The van der Waals surface area contributed by atoms with Crippen LogP contribution in [0.5, 0.6) is 0 Å². The lowest BCUT2D eigenvalue weighted by Gasteiger charge is -2.16. The monoisotopic (exact) mass is 390 g/mol. The van der Waals surface area contributed by atoms with Gasteiger partial charge in [-0.1, -0.05) is 24.3 Å². The highest BCUT2D eigenvalue weighted by Crippen LogP contribution is 2.35. The van der Waals surface area contributed by atoms with E-state index in [1.165, 1.54) is 11.3 Å². The molecule has 2 nitrogen and oxygen atoms in total. The van der Waals surface area contributed by atoms with Gasteiger partial charge in [-0.25, -0.2) is 4.58 Å². The van der Waals surface area contributed by atoms with Gasteiger partial charge in [-0.15, -0.1) is 22.7 Å². The van der Waals surface area contributed by atoms with Crippen LogP contribution in [0.2, 0.25) is 0 Å². The van der Waals surface area contributed by atoms with E-state index in [2.05, 4.69) is 102 Å². The minimum Gasteiger partial charge on any atom is -0.454 e. The SMILES string of the molecule is C[N+](C)=C1C=CC(=CC=C2C=C(c3cccs3)OC(c3cccs3)=C2)C=C1. The van der Waals surface area contributed by atoms with Crippen molar-refractivity contribution < 1.29 is 9.31 Å². The van der Waals surface area contributed by atoms with E-state index in [-0.39, 0.29) is 0 Å². The second kappa shape index (κ2) is 7.91. The van der Waals surface area contributed by atoms with Crippen molar-refractivity contribution in [1.82, 2.24) is 0 Å². The normalized spacial score (nSPS) is 16.0. The zero-order chi connectivity index (χ0) is 18.6. The summed E-state index contributed by atoms with van der Waals surface area (Å²) in [5.41, 5.74) is 3.51. The minimum atomic E-state index is 0.901. The molecule has 0 radical (unpaired) electrons. The maximum Gasteiger partial charge on any atom is 0.199 e. The molecule has 0 bridgehead atoms. The molecule has 0 amide bonds. The molecule has 0 N–H and O–H groups in total. The van der Waals surface area contributed by atoms with Gasteiger partial charge < -0.3 is 4.74 Å². The zero-order valence-corrected chi connectivity index (χ0v) is 16.9. The first-order valence-electron chi connectivity index (χ1n) is 8.70. The van der Waals surface area contributed by atoms with Crippen LogP contribution >= 0.6 is 22.7 Å². The van der Waals surface area contributed by atoms with Crippen molar-refractivity contribution in [3.8, 4) is 0 Å². The van der Waals surface area contributed by atoms with Crippen LogP contribution in [-0.4, -0.2) is 24.4 Å². The second-order valence-corrected chi connectivity index (χ2v) is 8.29. The van der Waals surface area contributed by atoms with E-state index in [0.717, 1.165) is 26.8 Å². The molecule has 4 heteroatoms. The highest BCUT2D eigenvalue weighted by molar-refractivity contribution is 7.11. The highest BCUT2D eigenvalue weighted by atomic mass is 32.1. The van der Waals surface area contributed by atoms with Crippen LogP contribution in [0.25, 0.3) is 11.5 Å². The molecule has 0 aromatic carbocycles. The number of hydrogen-bond donors (Lipinski definition) is 0. The Kier molecular flexibility index (Phi) is 5.19. The maximum atomic E-state index is 6.18. The van der Waals surface area contributed by atoms with Crippen LogP contribution in [-0.2, 0) is 4.74 Å². The lowest BCUT2D eigenvalue weighted by Crippen LogP contribution is -2.09. The Balaban J connectivity index is 1.66. The third kappa shape index (κ3) is 4.18. The molecule has 0 saturated carbocycles. The summed E-state index contributed by atoms with van der Waals surface area (Å²) in [6.07, 6.45) is 17.0. The third-order valence-electron chi connectivity index (χ3n) is 4.22. The van der Waals surface area contributed by atoms with E-state index in [4.69, 9.17) is 4.74 Å². The van der Waals surface area contributed by atoms with Gasteiger partial charge in [0.25, 0.3) is 0 Å². The summed E-state index contributed by atoms with van der Waals surface area (Å²) in [6.45, 7) is 0. The highest BCUT2D eigenvalue weighted by Gasteiger charge is 2.16. The Bertz CT molecular complexity index is 966. The smallest absolute Gasteiger partial charge is 0.199 e. The average Bonchev–Trinajstić information content (AvgIpc) is 3.40. The number of rotatable bonds is 3. The first-order chi connectivity index (χ1) is 13.2. The molecular formula is C23H20NOS2+. The number of hydrogen-bond acceptors (Lipinski definition) is 3. The third-order valence-corrected chi connectivity index (χ3v) is 5.99. The van der Waals surface area contributed by atoms with Crippen LogP contribution in [0.3, 0.4) is 0 Å². The van der Waals surface area contributed by atoms with Crippen molar-refractivity contribution in [1.29, 1.82) is 0 Å². The van der Waals surface area contributed by atoms with Gasteiger partial charge in [0.05, 0.1) is 9.75 Å². The van der Waals surface area contributed by atoms with Gasteiger partial charge in [0, 0.05) is 12.2 Å². The van der Waals surface area contributed by atoms with Gasteiger partial charge in [-0.2, -0.15) is 0 Å². The van der Waals surface area contributed by atoms with Gasteiger partial charge in [0.15, 0.2) is 5.71 Å². The molecule has 27 heavy (non-hydrogen) atoms. The first-order valence-corrected chi connectivity index (χ1v) is 10.5. The van der Waals surface area contributed by atoms with Crippen molar-refractivity contribution in [3.05, 3.63) is 105 Å². The molecule has 134 valence electrons. The summed E-state index contributed by atoms with van der Waals surface area (Å²) < 4.78 is 8.29. The number of thiophene rings is 2. The van der Waals surface area contributed by atoms with Crippen molar-refractivity contribution >= 4 is 39.9 Å². The fourth-order valence-corrected chi connectivity index (χ4v) is 4.13. The molecule has 1 aliphatic carbocycles. The Morgan fingerprint density at radius 3 is 1.81 bits per heavy atom. The van der Waals surface area contributed by atoms with Crippen LogP contribution in [0.15, 0.2) is 94.8 Å². The van der Waals surface area contributed by atoms with Gasteiger partial charge in [-0.3, -0.25) is 0 Å². The van der Waals surface area contributed by atoms with E-state index in [9.17, 15) is 0 Å². The van der Waals surface area contributed by atoms with E-state index in [1.807, 2.05) is 0 Å². The van der Waals surface area contributed by atoms with Crippen LogP contribution in [0.1, 0.15) is 9.75 Å². The molecule has 0 unspecified atom stereocenters. The van der Waals surface area contributed by atoms with Crippen LogP contribution in [0, 0.1) is 0 Å². The lowest BCUT2D eigenvalue weighted by atomic mass is 10.1. The Hall–Kier alpha value is -2.69. The average molecular weight is 391 g/mol. The molecule has 2 aliphatic rings. The molecule has 2 aromatic heterocycles. The van der Waals surface area contributed by atoms with E-state index in [0.29, 0.717) is 0 Å².